The second-order valence-electron chi connectivity index (χ2n) is 12.4. The number of rotatable bonds is 10. The average Bonchev–Trinajstić information content (AvgIpc) is 3.32. The maximum absolute atomic E-state index is 14.3. The minimum atomic E-state index is -1.15. The number of hydrogen-bond donors (Lipinski definition) is 2. The van der Waals surface area contributed by atoms with Gasteiger partial charge < -0.3 is 24.7 Å². The molecule has 0 radical (unpaired) electrons. The number of aryl methyl sites for hydroxylation is 1. The molecule has 1 aliphatic rings. The third-order valence-electron chi connectivity index (χ3n) is 9.07. The molecule has 0 bridgehead atoms. The Morgan fingerprint density at radius 1 is 0.976 bits per heavy atom. The van der Waals surface area contributed by atoms with Gasteiger partial charge in [-0.25, -0.2) is 0 Å². The highest BCUT2D eigenvalue weighted by atomic mass is 16.5. The zero-order chi connectivity index (χ0) is 30.2. The van der Waals surface area contributed by atoms with Crippen LogP contribution >= 0.6 is 0 Å². The highest BCUT2D eigenvalue weighted by Crippen LogP contribution is 2.67. The van der Waals surface area contributed by atoms with Crippen LogP contribution in [0, 0.1) is 18.3 Å². The van der Waals surface area contributed by atoms with Crippen LogP contribution in [0.4, 0.5) is 5.69 Å². The van der Waals surface area contributed by atoms with Gasteiger partial charge in [-0.1, -0.05) is 62.4 Å². The van der Waals surface area contributed by atoms with Crippen molar-refractivity contribution < 1.29 is 19.1 Å². The number of nitrogens with one attached hydrogen (secondary N) is 2. The van der Waals surface area contributed by atoms with Crippen LogP contribution in [0.2, 0.25) is 0 Å². The number of hydrogen-bond acceptors (Lipinski definition) is 4. The Balaban J connectivity index is 1.42. The molecule has 1 fully saturated rings. The van der Waals surface area contributed by atoms with Gasteiger partial charge in [0.05, 0.1) is 19.9 Å². The lowest BCUT2D eigenvalue weighted by molar-refractivity contribution is -0.145. The van der Waals surface area contributed by atoms with Crippen molar-refractivity contribution in [2.75, 3.05) is 19.5 Å². The molecule has 220 valence electrons. The maximum Gasteiger partial charge on any atom is 0.249 e. The molecule has 1 aromatic heterocycles. The number of aromatic amines is 1. The van der Waals surface area contributed by atoms with E-state index in [1.807, 2.05) is 36.4 Å². The van der Waals surface area contributed by atoms with Crippen molar-refractivity contribution in [1.82, 2.24) is 9.88 Å². The average molecular weight is 568 g/mol. The number of carbonyl (C=O) groups is 2. The largest absolute Gasteiger partial charge is 0.497 e. The highest BCUT2D eigenvalue weighted by Gasteiger charge is 2.60. The lowest BCUT2D eigenvalue weighted by atomic mass is 9.97. The Bertz CT molecular complexity index is 1610. The van der Waals surface area contributed by atoms with Crippen molar-refractivity contribution in [3.63, 3.8) is 0 Å². The van der Waals surface area contributed by atoms with Gasteiger partial charge in [0.25, 0.3) is 0 Å². The van der Waals surface area contributed by atoms with E-state index in [0.29, 0.717) is 30.2 Å². The molecule has 1 heterocycles. The van der Waals surface area contributed by atoms with E-state index in [9.17, 15) is 9.59 Å². The number of carbonyl (C=O) groups excluding carboxylic acids is 2. The first-order chi connectivity index (χ1) is 20.0. The summed E-state index contributed by atoms with van der Waals surface area (Å²) in [5.74, 6) is 1.17. The molecule has 0 aliphatic heterocycles. The minimum absolute atomic E-state index is 0.0428. The molecule has 4 aromatic rings. The summed E-state index contributed by atoms with van der Waals surface area (Å²) in [6, 6.07) is 23.4. The van der Waals surface area contributed by atoms with Crippen LogP contribution in [0.5, 0.6) is 11.5 Å². The number of H-pyrrole nitrogens is 1. The minimum Gasteiger partial charge on any atom is -0.497 e. The SMILES string of the molecule is COc1ccc(NC(=O)C(C)(C)N(Cc2ccccc2)C(=O)C[C@H]2[C@@H](c3c(C)[nH]c4ccccc34)C2(C)C)c(OC)c1. The Morgan fingerprint density at radius 3 is 2.36 bits per heavy atom. The lowest BCUT2D eigenvalue weighted by Gasteiger charge is -2.38. The van der Waals surface area contributed by atoms with Gasteiger partial charge in [-0.15, -0.1) is 0 Å². The number of benzene rings is 3. The van der Waals surface area contributed by atoms with Crippen LogP contribution in [-0.4, -0.2) is 41.5 Å². The zero-order valence-corrected chi connectivity index (χ0v) is 25.6. The number of amides is 2. The van der Waals surface area contributed by atoms with Gasteiger partial charge in [0.1, 0.15) is 17.0 Å². The molecule has 1 aliphatic carbocycles. The molecule has 7 nitrogen and oxygen atoms in total. The van der Waals surface area contributed by atoms with E-state index in [1.54, 1.807) is 51.2 Å². The Hall–Kier alpha value is -4.26. The topological polar surface area (TPSA) is 83.7 Å². The third kappa shape index (κ3) is 5.36. The van der Waals surface area contributed by atoms with Crippen molar-refractivity contribution in [3.8, 4) is 11.5 Å². The molecule has 7 heteroatoms. The van der Waals surface area contributed by atoms with E-state index in [0.717, 1.165) is 16.8 Å². The van der Waals surface area contributed by atoms with Gasteiger partial charge in [0.15, 0.2) is 0 Å². The van der Waals surface area contributed by atoms with Crippen LogP contribution in [0.15, 0.2) is 72.8 Å². The summed E-state index contributed by atoms with van der Waals surface area (Å²) < 4.78 is 10.8. The molecule has 2 amide bonds. The van der Waals surface area contributed by atoms with E-state index < -0.39 is 5.54 Å². The second-order valence-corrected chi connectivity index (χ2v) is 12.4. The smallest absolute Gasteiger partial charge is 0.249 e. The van der Waals surface area contributed by atoms with Gasteiger partial charge in [0, 0.05) is 35.6 Å². The summed E-state index contributed by atoms with van der Waals surface area (Å²) in [5, 5.41) is 4.22. The van der Waals surface area contributed by atoms with Gasteiger partial charge in [-0.2, -0.15) is 0 Å². The molecule has 0 spiro atoms. The summed E-state index contributed by atoms with van der Waals surface area (Å²) in [4.78, 5) is 33.4. The van der Waals surface area contributed by atoms with Crippen molar-refractivity contribution in [2.24, 2.45) is 11.3 Å². The van der Waals surface area contributed by atoms with Crippen molar-refractivity contribution >= 4 is 28.4 Å². The van der Waals surface area contributed by atoms with Gasteiger partial charge in [-0.3, -0.25) is 9.59 Å². The first kappa shape index (κ1) is 29.2. The molecule has 1 saturated carbocycles. The molecule has 2 atom stereocenters. The Labute approximate surface area is 248 Å². The number of methoxy groups -OCH3 is 2. The molecule has 42 heavy (non-hydrogen) atoms. The fourth-order valence-electron chi connectivity index (χ4n) is 6.36. The zero-order valence-electron chi connectivity index (χ0n) is 25.6. The van der Waals surface area contributed by atoms with Crippen LogP contribution in [0.3, 0.4) is 0 Å². The molecule has 3 aromatic carbocycles. The van der Waals surface area contributed by atoms with Gasteiger partial charge in [-0.05, 0) is 67.3 Å². The summed E-state index contributed by atoms with van der Waals surface area (Å²) in [7, 11) is 3.12. The Morgan fingerprint density at radius 2 is 1.67 bits per heavy atom. The number of aromatic nitrogens is 1. The van der Waals surface area contributed by atoms with Crippen LogP contribution in [0.25, 0.3) is 10.9 Å². The number of fused-ring (bicyclic) bond motifs is 1. The monoisotopic (exact) mass is 567 g/mol. The van der Waals surface area contributed by atoms with Crippen LogP contribution < -0.4 is 14.8 Å². The molecule has 0 unspecified atom stereocenters. The van der Waals surface area contributed by atoms with Crippen molar-refractivity contribution in [2.45, 2.75) is 59.0 Å². The summed E-state index contributed by atoms with van der Waals surface area (Å²) in [6.45, 7) is 10.5. The summed E-state index contributed by atoms with van der Waals surface area (Å²) >= 11 is 0. The Kier molecular flexibility index (Phi) is 7.80. The lowest BCUT2D eigenvalue weighted by Crippen LogP contribution is -2.54. The van der Waals surface area contributed by atoms with E-state index in [-0.39, 0.29) is 29.1 Å². The fourth-order valence-corrected chi connectivity index (χ4v) is 6.36. The quantitative estimate of drug-likeness (QED) is 0.215. The molecular formula is C35H41N3O4. The standard InChI is InChI=1S/C35H41N3O4/c1-22-31(25-15-11-12-16-27(25)36-22)32-26(34(32,2)3)20-30(39)38(21-23-13-9-8-10-14-23)35(4,5)33(40)37-28-18-17-24(41-6)19-29(28)42-7/h8-19,26,32,36H,20-21H2,1-7H3,(H,37,40)/t26-,32-/m0/s1. The van der Waals surface area contributed by atoms with E-state index in [4.69, 9.17) is 9.47 Å². The van der Waals surface area contributed by atoms with Crippen LogP contribution in [-0.2, 0) is 16.1 Å². The van der Waals surface area contributed by atoms with E-state index >= 15 is 0 Å². The normalized spacial score (nSPS) is 17.5. The molecular weight excluding hydrogens is 526 g/mol. The first-order valence-electron chi connectivity index (χ1n) is 14.4. The molecule has 2 N–H and O–H groups in total. The number of ether oxygens (including phenoxy) is 2. The second kappa shape index (κ2) is 11.2. The predicted molar refractivity (Wildman–Crippen MR) is 167 cm³/mol. The highest BCUT2D eigenvalue weighted by molar-refractivity contribution is 6.01. The van der Waals surface area contributed by atoms with E-state index in [2.05, 4.69) is 49.3 Å². The molecule has 5 rings (SSSR count). The number of para-hydroxylation sites is 1. The number of nitrogens with zero attached hydrogens (tertiary/aromatic N) is 1. The van der Waals surface area contributed by atoms with Gasteiger partial charge >= 0.3 is 0 Å². The summed E-state index contributed by atoms with van der Waals surface area (Å²) in [5.41, 5.74) is 3.85. The first-order valence-corrected chi connectivity index (χ1v) is 14.4. The third-order valence-corrected chi connectivity index (χ3v) is 9.07. The van der Waals surface area contributed by atoms with E-state index in [1.165, 1.54) is 10.9 Å². The predicted octanol–water partition coefficient (Wildman–Crippen LogP) is 7.07. The maximum atomic E-state index is 14.3. The number of anilines is 1. The van der Waals surface area contributed by atoms with Gasteiger partial charge in [0.2, 0.25) is 11.8 Å². The van der Waals surface area contributed by atoms with Crippen molar-refractivity contribution in [1.29, 1.82) is 0 Å². The van der Waals surface area contributed by atoms with Crippen LogP contribution in [0.1, 0.15) is 56.9 Å². The molecule has 0 saturated heterocycles. The summed E-state index contributed by atoms with van der Waals surface area (Å²) in [6.07, 6.45) is 0.353. The fraction of sp³-hybridized carbons (Fsp3) is 0.371. The van der Waals surface area contributed by atoms with Crippen molar-refractivity contribution in [3.05, 3.63) is 89.6 Å².